The molecule has 8 nitrogen and oxygen atoms in total. The first kappa shape index (κ1) is 23.1. The maximum absolute atomic E-state index is 13.3. The summed E-state index contributed by atoms with van der Waals surface area (Å²) in [6.45, 7) is 7.09. The van der Waals surface area contributed by atoms with Crippen LogP contribution in [0.3, 0.4) is 0 Å². The number of carbonyl (C=O) groups excluding carboxylic acids is 2. The summed E-state index contributed by atoms with van der Waals surface area (Å²) in [4.78, 5) is 42.4. The summed E-state index contributed by atoms with van der Waals surface area (Å²) in [7, 11) is 0. The van der Waals surface area contributed by atoms with Gasteiger partial charge in [-0.3, -0.25) is 19.3 Å². The number of hydrogen-bond donors (Lipinski definition) is 2. The van der Waals surface area contributed by atoms with Crippen LogP contribution < -0.4 is 10.7 Å². The van der Waals surface area contributed by atoms with Crippen LogP contribution in [-0.4, -0.2) is 56.3 Å². The molecule has 4 rings (SSSR count). The normalized spacial score (nSPS) is 22.8. The molecule has 3 atom stereocenters. The summed E-state index contributed by atoms with van der Waals surface area (Å²) in [5.74, 6) is -0.932. The molecule has 0 aliphatic carbocycles. The number of hydrogen-bond acceptors (Lipinski definition) is 5. The number of carbonyl (C=O) groups is 2. The number of amides is 2. The van der Waals surface area contributed by atoms with Crippen molar-refractivity contribution in [3.63, 3.8) is 0 Å². The average Bonchev–Trinajstić information content (AvgIpc) is 2.75. The Labute approximate surface area is 191 Å². The Bertz CT molecular complexity index is 1110. The number of aliphatic hydroxyl groups excluding tert-OH is 1. The maximum Gasteiger partial charge on any atom is 0.272 e. The van der Waals surface area contributed by atoms with E-state index in [2.05, 4.69) is 5.32 Å². The summed E-state index contributed by atoms with van der Waals surface area (Å²) < 4.78 is 14.7. The SMILES string of the molecule is CC(C)CN1C(O)CC(C)N2C(=O)c3cc(=O)c(C(=O)NCc4ccc(F)cc4)cn3CC12. The third-order valence-corrected chi connectivity index (χ3v) is 6.24. The third kappa shape index (κ3) is 4.56. The highest BCUT2D eigenvalue weighted by molar-refractivity contribution is 5.97. The zero-order chi connectivity index (χ0) is 23.9. The van der Waals surface area contributed by atoms with Gasteiger partial charge in [-0.1, -0.05) is 26.0 Å². The highest BCUT2D eigenvalue weighted by Crippen LogP contribution is 2.31. The molecule has 0 radical (unpaired) electrons. The van der Waals surface area contributed by atoms with Crippen LogP contribution in [0.5, 0.6) is 0 Å². The van der Waals surface area contributed by atoms with E-state index in [-0.39, 0.29) is 47.7 Å². The van der Waals surface area contributed by atoms with E-state index < -0.39 is 17.6 Å². The van der Waals surface area contributed by atoms with E-state index >= 15 is 0 Å². The fourth-order valence-electron chi connectivity index (χ4n) is 4.67. The zero-order valence-corrected chi connectivity index (χ0v) is 19.0. The molecule has 2 aromatic rings. The first-order valence-corrected chi connectivity index (χ1v) is 11.2. The largest absolute Gasteiger partial charge is 0.378 e. The Morgan fingerprint density at radius 1 is 1.24 bits per heavy atom. The number of rotatable bonds is 5. The Balaban J connectivity index is 1.61. The van der Waals surface area contributed by atoms with Gasteiger partial charge in [0.2, 0.25) is 0 Å². The molecule has 1 aromatic carbocycles. The molecule has 0 bridgehead atoms. The van der Waals surface area contributed by atoms with Gasteiger partial charge >= 0.3 is 0 Å². The van der Waals surface area contributed by atoms with Crippen molar-refractivity contribution in [2.45, 2.75) is 58.7 Å². The van der Waals surface area contributed by atoms with Crippen LogP contribution in [-0.2, 0) is 13.1 Å². The molecule has 2 amide bonds. The molecule has 2 N–H and O–H groups in total. The van der Waals surface area contributed by atoms with Crippen LogP contribution in [0.2, 0.25) is 0 Å². The van der Waals surface area contributed by atoms with E-state index in [0.29, 0.717) is 25.1 Å². The number of nitrogens with zero attached hydrogens (tertiary/aromatic N) is 3. The smallest absolute Gasteiger partial charge is 0.272 e. The van der Waals surface area contributed by atoms with E-state index in [1.807, 2.05) is 25.7 Å². The second kappa shape index (κ2) is 9.07. The van der Waals surface area contributed by atoms with Crippen LogP contribution in [0.25, 0.3) is 0 Å². The quantitative estimate of drug-likeness (QED) is 0.715. The van der Waals surface area contributed by atoms with Crippen molar-refractivity contribution in [3.8, 4) is 0 Å². The topological polar surface area (TPSA) is 94.9 Å². The van der Waals surface area contributed by atoms with Gasteiger partial charge < -0.3 is 19.9 Å². The third-order valence-electron chi connectivity index (χ3n) is 6.24. The Hall–Kier alpha value is -3.04. The first-order valence-electron chi connectivity index (χ1n) is 11.2. The van der Waals surface area contributed by atoms with E-state index in [1.165, 1.54) is 24.4 Å². The minimum absolute atomic E-state index is 0.0677. The van der Waals surface area contributed by atoms with Crippen molar-refractivity contribution in [1.82, 2.24) is 19.7 Å². The zero-order valence-electron chi connectivity index (χ0n) is 19.0. The van der Waals surface area contributed by atoms with Gasteiger partial charge in [-0.05, 0) is 30.5 Å². The molecule has 2 aliphatic rings. The van der Waals surface area contributed by atoms with Crippen molar-refractivity contribution in [3.05, 3.63) is 69.4 Å². The highest BCUT2D eigenvalue weighted by atomic mass is 19.1. The van der Waals surface area contributed by atoms with Crippen LogP contribution in [0, 0.1) is 11.7 Å². The summed E-state index contributed by atoms with van der Waals surface area (Å²) in [5, 5.41) is 13.4. The lowest BCUT2D eigenvalue weighted by molar-refractivity contribution is -0.136. The van der Waals surface area contributed by atoms with Crippen molar-refractivity contribution >= 4 is 11.8 Å². The van der Waals surface area contributed by atoms with Gasteiger partial charge in [0.25, 0.3) is 11.8 Å². The Morgan fingerprint density at radius 2 is 1.94 bits per heavy atom. The monoisotopic (exact) mass is 456 g/mol. The van der Waals surface area contributed by atoms with Crippen LogP contribution in [0.4, 0.5) is 4.39 Å². The summed E-state index contributed by atoms with van der Waals surface area (Å²) in [5.41, 5.74) is 0.331. The molecule has 33 heavy (non-hydrogen) atoms. The Morgan fingerprint density at radius 3 is 2.61 bits per heavy atom. The maximum atomic E-state index is 13.3. The van der Waals surface area contributed by atoms with Gasteiger partial charge in [0.15, 0.2) is 5.43 Å². The van der Waals surface area contributed by atoms with Crippen LogP contribution in [0.1, 0.15) is 53.6 Å². The molecule has 1 saturated heterocycles. The Kier molecular flexibility index (Phi) is 6.36. The molecule has 0 spiro atoms. The molecule has 2 aliphatic heterocycles. The lowest BCUT2D eigenvalue weighted by atomic mass is 10.0. The summed E-state index contributed by atoms with van der Waals surface area (Å²) in [6, 6.07) is 6.76. The van der Waals surface area contributed by atoms with Gasteiger partial charge in [-0.25, -0.2) is 4.39 Å². The van der Waals surface area contributed by atoms with Gasteiger partial charge in [-0.15, -0.1) is 0 Å². The van der Waals surface area contributed by atoms with Gasteiger partial charge in [0.1, 0.15) is 29.5 Å². The number of fused-ring (bicyclic) bond motifs is 2. The van der Waals surface area contributed by atoms with Gasteiger partial charge in [0, 0.05) is 37.8 Å². The van der Waals surface area contributed by atoms with Crippen molar-refractivity contribution in [1.29, 1.82) is 0 Å². The predicted octanol–water partition coefficient (Wildman–Crippen LogP) is 1.77. The lowest BCUT2D eigenvalue weighted by Crippen LogP contribution is -2.67. The molecule has 0 saturated carbocycles. The average molecular weight is 457 g/mol. The summed E-state index contributed by atoms with van der Waals surface area (Å²) in [6.07, 6.45) is 0.814. The fourth-order valence-corrected chi connectivity index (χ4v) is 4.67. The highest BCUT2D eigenvalue weighted by Gasteiger charge is 2.45. The molecular weight excluding hydrogens is 427 g/mol. The second-order valence-corrected chi connectivity index (χ2v) is 9.25. The number of halogens is 1. The number of benzene rings is 1. The number of pyridine rings is 1. The molecular formula is C24H29FN4O4. The van der Waals surface area contributed by atoms with E-state index in [1.54, 1.807) is 21.6 Å². The lowest BCUT2D eigenvalue weighted by Gasteiger charge is -2.52. The van der Waals surface area contributed by atoms with E-state index in [0.717, 1.165) is 0 Å². The molecule has 3 unspecified atom stereocenters. The number of nitrogens with one attached hydrogen (secondary N) is 1. The predicted molar refractivity (Wildman–Crippen MR) is 120 cm³/mol. The van der Waals surface area contributed by atoms with E-state index in [4.69, 9.17) is 0 Å². The molecule has 176 valence electrons. The minimum atomic E-state index is -0.671. The van der Waals surface area contributed by atoms with Crippen LogP contribution >= 0.6 is 0 Å². The van der Waals surface area contributed by atoms with Crippen molar-refractivity contribution in [2.75, 3.05) is 6.54 Å². The van der Waals surface area contributed by atoms with Crippen molar-refractivity contribution < 1.29 is 19.1 Å². The summed E-state index contributed by atoms with van der Waals surface area (Å²) >= 11 is 0. The van der Waals surface area contributed by atoms with Gasteiger partial charge in [0.05, 0.1) is 6.54 Å². The standard InChI is InChI=1S/C24H29FN4O4/c1-14(2)11-28-21-13-27-12-18(23(32)26-10-16-4-6-17(25)7-5-16)20(30)9-19(27)24(33)29(21)15(3)8-22(28)31/h4-7,9,12,14-15,21-22,31H,8,10-11,13H2,1-3H3,(H,26,32). The molecule has 9 heteroatoms. The van der Waals surface area contributed by atoms with E-state index in [9.17, 15) is 23.9 Å². The second-order valence-electron chi connectivity index (χ2n) is 9.25. The first-order chi connectivity index (χ1) is 15.7. The fraction of sp³-hybridized carbons (Fsp3) is 0.458. The van der Waals surface area contributed by atoms with Crippen molar-refractivity contribution in [2.24, 2.45) is 5.92 Å². The minimum Gasteiger partial charge on any atom is -0.378 e. The van der Waals surface area contributed by atoms with Crippen LogP contribution in [0.15, 0.2) is 41.3 Å². The number of aromatic nitrogens is 1. The molecule has 1 aromatic heterocycles. The molecule has 1 fully saturated rings. The molecule has 3 heterocycles. The number of aliphatic hydroxyl groups is 1. The van der Waals surface area contributed by atoms with Gasteiger partial charge in [-0.2, -0.15) is 0 Å².